The molecule has 1 aliphatic carbocycles. The Kier molecular flexibility index (Phi) is 2.19. The Morgan fingerprint density at radius 2 is 1.83 bits per heavy atom. The molecule has 0 amide bonds. The molecule has 1 saturated heterocycles. The minimum absolute atomic E-state index is 0.840. The molecule has 1 heteroatoms. The van der Waals surface area contributed by atoms with Gasteiger partial charge in [0, 0.05) is 13.1 Å². The van der Waals surface area contributed by atoms with Gasteiger partial charge in [0.1, 0.15) is 0 Å². The molecule has 0 radical (unpaired) electrons. The Balaban J connectivity index is 1.94. The number of nitrogens with zero attached hydrogens (tertiary/aromatic N) is 1. The lowest BCUT2D eigenvalue weighted by molar-refractivity contribution is 0.363. The molecule has 2 aliphatic rings. The smallest absolute Gasteiger partial charge is 0.0599 e. The normalized spacial score (nSPS) is 34.6. The van der Waals surface area contributed by atoms with Crippen molar-refractivity contribution >= 4 is 0 Å². The van der Waals surface area contributed by atoms with E-state index in [9.17, 15) is 0 Å². The third-order valence-corrected chi connectivity index (χ3v) is 3.01. The fraction of sp³-hybridized carbons (Fsp3) is 0.636. The van der Waals surface area contributed by atoms with Crippen molar-refractivity contribution in [2.45, 2.75) is 12.8 Å². The van der Waals surface area contributed by atoms with Gasteiger partial charge in [-0.1, -0.05) is 18.1 Å². The van der Waals surface area contributed by atoms with Crippen LogP contribution in [0.15, 0.2) is 12.2 Å². The maximum absolute atomic E-state index is 5.29. The third kappa shape index (κ3) is 1.40. The largest absolute Gasteiger partial charge is 0.292 e. The van der Waals surface area contributed by atoms with Crippen molar-refractivity contribution in [2.24, 2.45) is 11.8 Å². The molecule has 0 N–H and O–H groups in total. The highest BCUT2D eigenvalue weighted by atomic mass is 15.1. The second-order valence-corrected chi connectivity index (χ2v) is 3.86. The molecule has 0 aromatic rings. The Morgan fingerprint density at radius 1 is 1.25 bits per heavy atom. The predicted molar refractivity (Wildman–Crippen MR) is 50.6 cm³/mol. The van der Waals surface area contributed by atoms with E-state index in [1.165, 1.54) is 25.9 Å². The summed E-state index contributed by atoms with van der Waals surface area (Å²) in [5, 5.41) is 0. The van der Waals surface area contributed by atoms with Crippen LogP contribution in [0.25, 0.3) is 0 Å². The number of terminal acetylenes is 1. The van der Waals surface area contributed by atoms with Crippen LogP contribution in [0, 0.1) is 24.2 Å². The lowest BCUT2D eigenvalue weighted by atomic mass is 9.86. The van der Waals surface area contributed by atoms with Gasteiger partial charge in [-0.05, 0) is 24.7 Å². The van der Waals surface area contributed by atoms with Crippen LogP contribution >= 0.6 is 0 Å². The van der Waals surface area contributed by atoms with Gasteiger partial charge >= 0.3 is 0 Å². The van der Waals surface area contributed by atoms with Crippen LogP contribution in [0.5, 0.6) is 0 Å². The number of hydrogen-bond donors (Lipinski definition) is 0. The molecule has 12 heavy (non-hydrogen) atoms. The van der Waals surface area contributed by atoms with Crippen molar-refractivity contribution in [3.8, 4) is 12.3 Å². The second kappa shape index (κ2) is 3.33. The average molecular weight is 161 g/mol. The van der Waals surface area contributed by atoms with Crippen molar-refractivity contribution in [1.82, 2.24) is 4.90 Å². The molecule has 1 nitrogen and oxygen atoms in total. The van der Waals surface area contributed by atoms with E-state index < -0.39 is 0 Å². The summed E-state index contributed by atoms with van der Waals surface area (Å²) < 4.78 is 0. The molecule has 0 aromatic heterocycles. The molecular weight excluding hydrogens is 146 g/mol. The van der Waals surface area contributed by atoms with Crippen LogP contribution in [-0.2, 0) is 0 Å². The van der Waals surface area contributed by atoms with Crippen molar-refractivity contribution in [3.05, 3.63) is 12.2 Å². The maximum Gasteiger partial charge on any atom is 0.0599 e. The number of allylic oxidation sites excluding steroid dienone is 2. The quantitative estimate of drug-likeness (QED) is 0.416. The van der Waals surface area contributed by atoms with Gasteiger partial charge in [-0.15, -0.1) is 6.42 Å². The van der Waals surface area contributed by atoms with Gasteiger partial charge in [-0.2, -0.15) is 0 Å². The molecule has 0 saturated carbocycles. The van der Waals surface area contributed by atoms with Crippen LogP contribution in [0.2, 0.25) is 0 Å². The Morgan fingerprint density at radius 3 is 2.33 bits per heavy atom. The summed E-state index contributed by atoms with van der Waals surface area (Å²) in [4.78, 5) is 2.41. The monoisotopic (exact) mass is 161 g/mol. The number of rotatable bonds is 1. The zero-order chi connectivity index (χ0) is 8.39. The molecule has 0 bridgehead atoms. The van der Waals surface area contributed by atoms with E-state index in [1.54, 1.807) is 0 Å². The van der Waals surface area contributed by atoms with E-state index in [4.69, 9.17) is 6.42 Å². The van der Waals surface area contributed by atoms with Gasteiger partial charge in [0.05, 0.1) is 6.54 Å². The number of fused-ring (bicyclic) bond motifs is 1. The number of hydrogen-bond acceptors (Lipinski definition) is 1. The Labute approximate surface area is 74.4 Å². The van der Waals surface area contributed by atoms with Crippen molar-refractivity contribution in [1.29, 1.82) is 0 Å². The van der Waals surface area contributed by atoms with Crippen LogP contribution < -0.4 is 0 Å². The first kappa shape index (κ1) is 7.89. The van der Waals surface area contributed by atoms with Gasteiger partial charge in [0.15, 0.2) is 0 Å². The first-order chi connectivity index (χ1) is 5.90. The summed E-state index contributed by atoms with van der Waals surface area (Å²) >= 11 is 0. The summed E-state index contributed by atoms with van der Waals surface area (Å²) in [5.41, 5.74) is 0. The molecule has 0 aromatic carbocycles. The van der Waals surface area contributed by atoms with E-state index in [1.807, 2.05) is 0 Å². The fourth-order valence-corrected chi connectivity index (χ4v) is 2.37. The first-order valence-electron chi connectivity index (χ1n) is 4.71. The van der Waals surface area contributed by atoms with Crippen molar-refractivity contribution in [2.75, 3.05) is 19.6 Å². The van der Waals surface area contributed by atoms with Crippen LogP contribution in [0.1, 0.15) is 12.8 Å². The summed E-state index contributed by atoms with van der Waals surface area (Å²) in [5.74, 6) is 4.51. The fourth-order valence-electron chi connectivity index (χ4n) is 2.37. The standard InChI is InChI=1S/C11H15N/c1-2-7-12-8-10-5-3-4-6-11(10)9-12/h1,3-4,10-11H,5-9H2. The second-order valence-electron chi connectivity index (χ2n) is 3.86. The first-order valence-corrected chi connectivity index (χ1v) is 4.71. The molecule has 1 aliphatic heterocycles. The average Bonchev–Trinajstić information content (AvgIpc) is 2.47. The SMILES string of the molecule is C#CCN1CC2CC=CCC2C1. The van der Waals surface area contributed by atoms with Gasteiger partial charge in [-0.25, -0.2) is 0 Å². The lowest BCUT2D eigenvalue weighted by Crippen LogP contribution is -2.20. The molecule has 1 heterocycles. The van der Waals surface area contributed by atoms with E-state index in [-0.39, 0.29) is 0 Å². The predicted octanol–water partition coefficient (Wildman–Crippen LogP) is 1.52. The lowest BCUT2D eigenvalue weighted by Gasteiger charge is -2.18. The van der Waals surface area contributed by atoms with Gasteiger partial charge < -0.3 is 0 Å². The highest BCUT2D eigenvalue weighted by Gasteiger charge is 2.31. The summed E-state index contributed by atoms with van der Waals surface area (Å²) in [7, 11) is 0. The van der Waals surface area contributed by atoms with Crippen LogP contribution in [0.4, 0.5) is 0 Å². The summed E-state index contributed by atoms with van der Waals surface area (Å²) in [6.45, 7) is 3.28. The van der Waals surface area contributed by atoms with E-state index >= 15 is 0 Å². The van der Waals surface area contributed by atoms with Crippen molar-refractivity contribution in [3.63, 3.8) is 0 Å². The van der Waals surface area contributed by atoms with Crippen LogP contribution in [0.3, 0.4) is 0 Å². The molecule has 2 rings (SSSR count). The molecule has 0 spiro atoms. The van der Waals surface area contributed by atoms with E-state index in [2.05, 4.69) is 23.0 Å². The van der Waals surface area contributed by atoms with E-state index in [0.29, 0.717) is 0 Å². The topological polar surface area (TPSA) is 3.24 Å². The van der Waals surface area contributed by atoms with Gasteiger partial charge in [0.2, 0.25) is 0 Å². The highest BCUT2D eigenvalue weighted by molar-refractivity contribution is 5.01. The Bertz CT molecular complexity index is 208. The van der Waals surface area contributed by atoms with E-state index in [0.717, 1.165) is 18.4 Å². The molecule has 1 fully saturated rings. The molecule has 2 atom stereocenters. The van der Waals surface area contributed by atoms with Gasteiger partial charge in [0.25, 0.3) is 0 Å². The van der Waals surface area contributed by atoms with Gasteiger partial charge in [-0.3, -0.25) is 4.90 Å². The Hall–Kier alpha value is -0.740. The molecule has 64 valence electrons. The zero-order valence-corrected chi connectivity index (χ0v) is 7.37. The number of likely N-dealkylation sites (tertiary alicyclic amines) is 1. The summed E-state index contributed by atoms with van der Waals surface area (Å²) in [6, 6.07) is 0. The van der Waals surface area contributed by atoms with Crippen molar-refractivity contribution < 1.29 is 0 Å². The summed E-state index contributed by atoms with van der Waals surface area (Å²) in [6.07, 6.45) is 12.5. The zero-order valence-electron chi connectivity index (χ0n) is 7.37. The maximum atomic E-state index is 5.29. The molecular formula is C11H15N. The molecule has 2 unspecified atom stereocenters. The van der Waals surface area contributed by atoms with Crippen LogP contribution in [-0.4, -0.2) is 24.5 Å². The third-order valence-electron chi connectivity index (χ3n) is 3.01. The highest BCUT2D eigenvalue weighted by Crippen LogP contribution is 2.32. The minimum Gasteiger partial charge on any atom is -0.292 e. The minimum atomic E-state index is 0.840.